The van der Waals surface area contributed by atoms with Crippen molar-refractivity contribution in [3.63, 3.8) is 0 Å². The van der Waals surface area contributed by atoms with Crippen molar-refractivity contribution in [3.05, 3.63) is 45.5 Å². The quantitative estimate of drug-likeness (QED) is 0.800. The molecule has 1 aromatic heterocycles. The smallest absolute Gasteiger partial charge is 0.289 e. The highest BCUT2D eigenvalue weighted by Crippen LogP contribution is 2.28. The number of amides is 1. The third-order valence-corrected chi connectivity index (χ3v) is 4.67. The van der Waals surface area contributed by atoms with Gasteiger partial charge in [0.15, 0.2) is 5.03 Å². The lowest BCUT2D eigenvalue weighted by molar-refractivity contribution is -0.410. The van der Waals surface area contributed by atoms with Crippen LogP contribution >= 0.6 is 23.4 Å². The van der Waals surface area contributed by atoms with Crippen LogP contribution in [-0.4, -0.2) is 11.7 Å². The molecule has 1 aromatic carbocycles. The molecule has 0 radical (unpaired) electrons. The lowest BCUT2D eigenvalue weighted by Crippen LogP contribution is -2.20. The lowest BCUT2D eigenvalue weighted by atomic mass is 10.1. The van der Waals surface area contributed by atoms with Crippen LogP contribution in [0.3, 0.4) is 0 Å². The number of nitrogen functional groups attached to an aromatic ring is 1. The summed E-state index contributed by atoms with van der Waals surface area (Å²) in [5.41, 5.74) is 8.62. The summed E-state index contributed by atoms with van der Waals surface area (Å²) in [7, 11) is 0. The topological polar surface area (TPSA) is 117 Å². The minimum absolute atomic E-state index is 0.0557. The van der Waals surface area contributed by atoms with Gasteiger partial charge in [0.2, 0.25) is 5.91 Å². The van der Waals surface area contributed by atoms with E-state index in [0.29, 0.717) is 15.7 Å². The first-order valence-electron chi connectivity index (χ1n) is 7.21. The van der Waals surface area contributed by atoms with Gasteiger partial charge in [-0.15, -0.1) is 0 Å². The number of aromatic amines is 1. The van der Waals surface area contributed by atoms with Gasteiger partial charge >= 0.3 is 0 Å². The number of carbonyl (C=O) groups is 1. The molecule has 0 fully saturated rings. The van der Waals surface area contributed by atoms with Crippen LogP contribution in [0, 0.1) is 36.5 Å². The number of thioether (sulfide) groups is 1. The molecular weight excluding hydrogens is 358 g/mol. The second kappa shape index (κ2) is 7.89. The number of pyridine rings is 1. The number of halogens is 1. The third-order valence-electron chi connectivity index (χ3n) is 3.36. The molecule has 0 unspecified atom stereocenters. The van der Waals surface area contributed by atoms with Crippen LogP contribution in [0.25, 0.3) is 0 Å². The van der Waals surface area contributed by atoms with E-state index < -0.39 is 0 Å². The highest BCUT2D eigenvalue weighted by molar-refractivity contribution is 7.99. The van der Waals surface area contributed by atoms with Gasteiger partial charge in [-0.05, 0) is 37.1 Å². The fourth-order valence-electron chi connectivity index (χ4n) is 2.22. The molecule has 8 heteroatoms. The number of anilines is 2. The zero-order chi connectivity index (χ0) is 18.6. The number of nitriles is 2. The van der Waals surface area contributed by atoms with Gasteiger partial charge in [0.05, 0.1) is 16.5 Å². The van der Waals surface area contributed by atoms with Crippen LogP contribution in [0.15, 0.2) is 23.2 Å². The van der Waals surface area contributed by atoms with Crippen molar-refractivity contribution < 1.29 is 9.78 Å². The molecule has 0 bridgehead atoms. The van der Waals surface area contributed by atoms with Gasteiger partial charge in [0.25, 0.3) is 5.82 Å². The van der Waals surface area contributed by atoms with Gasteiger partial charge in [0.1, 0.15) is 23.3 Å². The Kier molecular flexibility index (Phi) is 5.87. The van der Waals surface area contributed by atoms with E-state index >= 15 is 0 Å². The molecule has 0 aliphatic rings. The van der Waals surface area contributed by atoms with Gasteiger partial charge in [-0.1, -0.05) is 29.4 Å². The molecule has 4 N–H and O–H groups in total. The Bertz CT molecular complexity index is 907. The zero-order valence-electron chi connectivity index (χ0n) is 13.6. The first-order chi connectivity index (χ1) is 11.8. The maximum Gasteiger partial charge on any atom is 0.289 e. The molecule has 0 aliphatic heterocycles. The van der Waals surface area contributed by atoms with E-state index in [4.69, 9.17) is 22.6 Å². The van der Waals surface area contributed by atoms with E-state index in [1.165, 1.54) is 6.07 Å². The number of hydrogen-bond donors (Lipinski definition) is 2. The Morgan fingerprint density at radius 1 is 1.28 bits per heavy atom. The second-order valence-electron chi connectivity index (χ2n) is 5.34. The minimum Gasteiger partial charge on any atom is -0.324 e. The summed E-state index contributed by atoms with van der Waals surface area (Å²) in [5, 5.41) is 21.8. The summed E-state index contributed by atoms with van der Waals surface area (Å²) in [4.78, 5) is 15.0. The molecule has 126 valence electrons. The van der Waals surface area contributed by atoms with Crippen molar-refractivity contribution in [3.8, 4) is 12.1 Å². The van der Waals surface area contributed by atoms with Crippen LogP contribution in [0.2, 0.25) is 5.02 Å². The number of carbonyl (C=O) groups excluding carboxylic acids is 1. The first kappa shape index (κ1) is 18.6. The van der Waals surface area contributed by atoms with Crippen molar-refractivity contribution in [1.29, 1.82) is 10.5 Å². The Labute approximate surface area is 154 Å². The highest BCUT2D eigenvalue weighted by Gasteiger charge is 2.16. The van der Waals surface area contributed by atoms with E-state index in [0.717, 1.165) is 22.9 Å². The number of rotatable bonds is 4. The van der Waals surface area contributed by atoms with Gasteiger partial charge in [0, 0.05) is 0 Å². The fourth-order valence-corrected chi connectivity index (χ4v) is 3.38. The minimum atomic E-state index is -0.265. The van der Waals surface area contributed by atoms with Gasteiger partial charge in [-0.2, -0.15) is 10.5 Å². The summed E-state index contributed by atoms with van der Waals surface area (Å²) in [6.45, 7) is 3.79. The monoisotopic (exact) mass is 372 g/mol. The fraction of sp³-hybridized carbons (Fsp3) is 0.176. The van der Waals surface area contributed by atoms with Crippen molar-refractivity contribution >= 4 is 40.8 Å². The number of aryl methyl sites for hydroxylation is 2. The predicted molar refractivity (Wildman–Crippen MR) is 97.1 cm³/mol. The third kappa shape index (κ3) is 4.42. The van der Waals surface area contributed by atoms with E-state index in [9.17, 15) is 10.1 Å². The Balaban J connectivity index is 2.13. The zero-order valence-corrected chi connectivity index (χ0v) is 15.2. The van der Waals surface area contributed by atoms with Gasteiger partial charge < -0.3 is 5.32 Å². The largest absolute Gasteiger partial charge is 0.324 e. The Morgan fingerprint density at radius 3 is 2.56 bits per heavy atom. The van der Waals surface area contributed by atoms with Crippen molar-refractivity contribution in [1.82, 2.24) is 0 Å². The molecule has 6 nitrogen and oxygen atoms in total. The highest BCUT2D eigenvalue weighted by atomic mass is 35.5. The molecule has 2 rings (SSSR count). The number of H-pyrrole nitrogens is 1. The van der Waals surface area contributed by atoms with Crippen LogP contribution in [-0.2, 0) is 4.79 Å². The first-order valence-corrected chi connectivity index (χ1v) is 8.57. The maximum atomic E-state index is 12.2. The lowest BCUT2D eigenvalue weighted by Gasteiger charge is -2.11. The molecule has 25 heavy (non-hydrogen) atoms. The Hall–Kier alpha value is -2.74. The number of benzene rings is 1. The van der Waals surface area contributed by atoms with Gasteiger partial charge in [-0.3, -0.25) is 10.5 Å². The number of aromatic nitrogens is 1. The summed E-state index contributed by atoms with van der Waals surface area (Å²) in [6.07, 6.45) is 0. The summed E-state index contributed by atoms with van der Waals surface area (Å²) in [5.74, 6) is -0.0546. The number of nitrogens with one attached hydrogen (secondary N) is 2. The van der Waals surface area contributed by atoms with E-state index in [1.54, 1.807) is 6.07 Å². The van der Waals surface area contributed by atoms with Crippen LogP contribution < -0.4 is 16.0 Å². The van der Waals surface area contributed by atoms with Crippen LogP contribution in [0.5, 0.6) is 0 Å². The molecule has 0 saturated heterocycles. The number of nitrogens with two attached hydrogens (primary N) is 1. The van der Waals surface area contributed by atoms with Crippen LogP contribution in [0.4, 0.5) is 11.5 Å². The average Bonchev–Trinajstić information content (AvgIpc) is 2.56. The molecule has 0 saturated carbocycles. The van der Waals surface area contributed by atoms with Crippen molar-refractivity contribution in [2.75, 3.05) is 16.8 Å². The van der Waals surface area contributed by atoms with Crippen molar-refractivity contribution in [2.45, 2.75) is 18.9 Å². The number of nitrogens with zero attached hydrogens (tertiary/aromatic N) is 2. The molecule has 2 aromatic rings. The molecule has 1 amide bonds. The van der Waals surface area contributed by atoms with Crippen molar-refractivity contribution in [2.24, 2.45) is 0 Å². The predicted octanol–water partition coefficient (Wildman–Crippen LogP) is 2.83. The molecule has 0 aliphatic carbocycles. The molecule has 0 spiro atoms. The van der Waals surface area contributed by atoms with E-state index in [2.05, 4.69) is 10.3 Å². The Morgan fingerprint density at radius 2 is 1.96 bits per heavy atom. The van der Waals surface area contributed by atoms with Crippen LogP contribution in [0.1, 0.15) is 22.3 Å². The normalized spacial score (nSPS) is 9.96. The molecule has 0 atom stereocenters. The standard InChI is InChI=1S/C17H14ClN5OS/c1-9-3-10(2)15(13(18)4-9)22-14(24)8-25-17-12(7-20)5-11(6-19)16(21)23-17/h3-5H,8H2,1-2H3,(H2,21,23)(H,22,24)/p+1. The summed E-state index contributed by atoms with van der Waals surface area (Å²) in [6, 6.07) is 8.99. The average molecular weight is 373 g/mol. The summed E-state index contributed by atoms with van der Waals surface area (Å²) >= 11 is 7.30. The van der Waals surface area contributed by atoms with E-state index in [-0.39, 0.29) is 28.6 Å². The molecular formula is C17H15ClN5OS+. The van der Waals surface area contributed by atoms with Gasteiger partial charge in [-0.25, -0.2) is 4.98 Å². The second-order valence-corrected chi connectivity index (χ2v) is 6.73. The SMILES string of the molecule is Cc1cc(C)c(NC(=O)CSc2[nH+]c(N)c(C#N)cc2C#N)c(Cl)c1. The molecule has 1 heterocycles. The van der Waals surface area contributed by atoms with E-state index in [1.807, 2.05) is 32.1 Å². The maximum absolute atomic E-state index is 12.2. The summed E-state index contributed by atoms with van der Waals surface area (Å²) < 4.78 is 0. The number of hydrogen-bond acceptors (Lipinski definition) is 5.